The fraction of sp³-hybridized carbons (Fsp3) is 0.400. The molecule has 0 amide bonds. The summed E-state index contributed by atoms with van der Waals surface area (Å²) in [4.78, 5) is 29.9. The Morgan fingerprint density at radius 2 is 1.93 bits per heavy atom. The molecule has 3 N–H and O–H groups in total. The van der Waals surface area contributed by atoms with Gasteiger partial charge in [-0.15, -0.1) is 6.58 Å². The Morgan fingerprint density at radius 1 is 1.15 bits per heavy atom. The Balaban J connectivity index is 1.22. The lowest BCUT2D eigenvalue weighted by molar-refractivity contribution is 0.0306. The normalized spacial score (nSPS) is 23.5. The highest BCUT2D eigenvalue weighted by Crippen LogP contribution is 2.38. The van der Waals surface area contributed by atoms with Crippen LogP contribution in [0.25, 0.3) is 16.9 Å². The third-order valence-corrected chi connectivity index (χ3v) is 8.87. The number of fused-ring (bicyclic) bond motifs is 3. The standard InChI is InChI=1S/C30H34N8O2/c1-3-13-37-28(39)24-16-32-29(33-22-6-8-23(9-7-22)36-17-20-14-31-15-21(20)18-36)35-27(24)38(37)25-10-5-19-11-12-30(40,4-2)26(19)34-25/h3,5-10,16,20-21,31,40H,1,4,11-15,17-18H2,2H3,(H,32,33,35)/t20?,21?,30-/m1/s1. The van der Waals surface area contributed by atoms with E-state index in [1.165, 1.54) is 5.69 Å². The number of nitrogens with zero attached hydrogens (tertiary/aromatic N) is 6. The van der Waals surface area contributed by atoms with Crippen molar-refractivity contribution in [2.24, 2.45) is 11.8 Å². The maximum absolute atomic E-state index is 13.3. The SMILES string of the molecule is C=CCn1c(=O)c2cnc(Nc3ccc(N4CC5CNCC5C4)cc3)nc2n1-c1ccc2c(n1)[C@@](O)(CC)CC2. The van der Waals surface area contributed by atoms with Crippen molar-refractivity contribution in [3.05, 3.63) is 76.9 Å². The predicted molar refractivity (Wildman–Crippen MR) is 155 cm³/mol. The Kier molecular flexibility index (Phi) is 5.97. The first kappa shape index (κ1) is 25.0. The van der Waals surface area contributed by atoms with Crippen molar-refractivity contribution in [2.75, 3.05) is 36.4 Å². The molecule has 7 rings (SSSR count). The molecule has 1 aromatic carbocycles. The number of aliphatic hydroxyl groups is 1. The molecule has 10 nitrogen and oxygen atoms in total. The quantitative estimate of drug-likeness (QED) is 0.308. The summed E-state index contributed by atoms with van der Waals surface area (Å²) in [6.07, 6.45) is 5.23. The van der Waals surface area contributed by atoms with Crippen molar-refractivity contribution >= 4 is 28.4 Å². The monoisotopic (exact) mass is 538 g/mol. The Hall–Kier alpha value is -4.02. The van der Waals surface area contributed by atoms with Crippen molar-refractivity contribution in [2.45, 2.75) is 38.3 Å². The molecule has 5 heterocycles. The van der Waals surface area contributed by atoms with Gasteiger partial charge in [0.25, 0.3) is 5.56 Å². The number of hydrogen-bond donors (Lipinski definition) is 3. The predicted octanol–water partition coefficient (Wildman–Crippen LogP) is 3.11. The zero-order chi connectivity index (χ0) is 27.4. The number of allylic oxidation sites excluding steroid dienone is 1. The summed E-state index contributed by atoms with van der Waals surface area (Å²) in [6.45, 7) is 10.5. The largest absolute Gasteiger partial charge is 0.384 e. The number of nitrogens with one attached hydrogen (secondary N) is 2. The first-order chi connectivity index (χ1) is 19.5. The number of aryl methyl sites for hydroxylation is 1. The molecule has 2 saturated heterocycles. The minimum absolute atomic E-state index is 0.218. The number of hydrogen-bond acceptors (Lipinski definition) is 8. The van der Waals surface area contributed by atoms with Gasteiger partial charge in [-0.1, -0.05) is 19.1 Å². The zero-order valence-corrected chi connectivity index (χ0v) is 22.7. The molecule has 3 aromatic heterocycles. The van der Waals surface area contributed by atoms with Gasteiger partial charge in [0.2, 0.25) is 5.95 Å². The lowest BCUT2D eigenvalue weighted by Crippen LogP contribution is -2.25. The number of pyridine rings is 1. The fourth-order valence-electron chi connectivity index (χ4n) is 6.56. The van der Waals surface area contributed by atoms with Gasteiger partial charge in [-0.3, -0.25) is 4.79 Å². The van der Waals surface area contributed by atoms with E-state index in [0.717, 1.165) is 55.7 Å². The van der Waals surface area contributed by atoms with Crippen LogP contribution in [0.2, 0.25) is 0 Å². The summed E-state index contributed by atoms with van der Waals surface area (Å²) in [5.74, 6) is 2.39. The maximum atomic E-state index is 13.3. The highest BCUT2D eigenvalue weighted by Gasteiger charge is 2.37. The summed E-state index contributed by atoms with van der Waals surface area (Å²) < 4.78 is 3.27. The van der Waals surface area contributed by atoms with Gasteiger partial charge < -0.3 is 20.6 Å². The number of anilines is 3. The van der Waals surface area contributed by atoms with Crippen LogP contribution in [-0.2, 0) is 18.6 Å². The third-order valence-electron chi connectivity index (χ3n) is 8.87. The number of rotatable bonds is 7. The lowest BCUT2D eigenvalue weighted by Gasteiger charge is -2.21. The van der Waals surface area contributed by atoms with Crippen molar-refractivity contribution in [1.29, 1.82) is 0 Å². The molecular formula is C30H34N8O2. The minimum atomic E-state index is -0.962. The second-order valence-corrected chi connectivity index (χ2v) is 11.2. The molecule has 1 aliphatic carbocycles. The first-order valence-electron chi connectivity index (χ1n) is 14.1. The van der Waals surface area contributed by atoms with E-state index in [0.29, 0.717) is 41.3 Å². The molecule has 2 fully saturated rings. The second-order valence-electron chi connectivity index (χ2n) is 11.2. The molecule has 10 heteroatoms. The first-order valence-corrected chi connectivity index (χ1v) is 14.1. The highest BCUT2D eigenvalue weighted by atomic mass is 16.3. The molecule has 3 aliphatic rings. The average Bonchev–Trinajstić information content (AvgIpc) is 3.72. The van der Waals surface area contributed by atoms with Gasteiger partial charge in [0.15, 0.2) is 11.5 Å². The molecule has 4 aromatic rings. The maximum Gasteiger partial charge on any atom is 0.278 e. The molecule has 0 bridgehead atoms. The van der Waals surface area contributed by atoms with Gasteiger partial charge in [0.05, 0.1) is 12.2 Å². The van der Waals surface area contributed by atoms with Crippen LogP contribution in [0, 0.1) is 11.8 Å². The van der Waals surface area contributed by atoms with Crippen LogP contribution >= 0.6 is 0 Å². The van der Waals surface area contributed by atoms with Crippen LogP contribution in [0.3, 0.4) is 0 Å². The summed E-state index contributed by atoms with van der Waals surface area (Å²) in [5, 5.41) is 18.3. The highest BCUT2D eigenvalue weighted by molar-refractivity contribution is 5.77. The third kappa shape index (κ3) is 4.01. The molecule has 206 valence electrons. The van der Waals surface area contributed by atoms with Crippen molar-refractivity contribution < 1.29 is 5.11 Å². The van der Waals surface area contributed by atoms with Crippen LogP contribution < -0.4 is 21.1 Å². The molecule has 0 radical (unpaired) electrons. The summed E-state index contributed by atoms with van der Waals surface area (Å²) in [5.41, 5.74) is 3.08. The van der Waals surface area contributed by atoms with E-state index in [4.69, 9.17) is 9.97 Å². The van der Waals surface area contributed by atoms with Crippen molar-refractivity contribution in [3.8, 4) is 5.82 Å². The van der Waals surface area contributed by atoms with E-state index in [1.807, 2.05) is 31.2 Å². The van der Waals surface area contributed by atoms with E-state index in [1.54, 1.807) is 21.6 Å². The van der Waals surface area contributed by atoms with Crippen molar-refractivity contribution in [3.63, 3.8) is 0 Å². The van der Waals surface area contributed by atoms with Gasteiger partial charge in [-0.05, 0) is 67.0 Å². The second kappa shape index (κ2) is 9.57. The van der Waals surface area contributed by atoms with Gasteiger partial charge in [0, 0.05) is 43.8 Å². The average molecular weight is 539 g/mol. The Morgan fingerprint density at radius 3 is 2.65 bits per heavy atom. The number of aromatic nitrogens is 5. The van der Waals surface area contributed by atoms with Crippen LogP contribution in [0.5, 0.6) is 0 Å². The molecule has 0 saturated carbocycles. The molecule has 3 atom stereocenters. The van der Waals surface area contributed by atoms with Gasteiger partial charge in [0.1, 0.15) is 11.0 Å². The van der Waals surface area contributed by atoms with Crippen LogP contribution in [-0.4, -0.2) is 55.6 Å². The van der Waals surface area contributed by atoms with Crippen LogP contribution in [0.15, 0.2) is 60.0 Å². The minimum Gasteiger partial charge on any atom is -0.384 e. The summed E-state index contributed by atoms with van der Waals surface area (Å²) in [6, 6.07) is 12.2. The molecule has 40 heavy (non-hydrogen) atoms. The van der Waals surface area contributed by atoms with E-state index < -0.39 is 5.60 Å². The van der Waals surface area contributed by atoms with Gasteiger partial charge in [-0.2, -0.15) is 4.98 Å². The van der Waals surface area contributed by atoms with E-state index >= 15 is 0 Å². The Bertz CT molecular complexity index is 1650. The molecule has 2 aliphatic heterocycles. The number of benzene rings is 1. The molecule has 2 unspecified atom stereocenters. The fourth-order valence-corrected chi connectivity index (χ4v) is 6.56. The Labute approximate surface area is 232 Å². The lowest BCUT2D eigenvalue weighted by atomic mass is 9.98. The van der Waals surface area contributed by atoms with E-state index in [2.05, 4.69) is 39.2 Å². The van der Waals surface area contributed by atoms with Gasteiger partial charge in [-0.25, -0.2) is 19.3 Å². The smallest absolute Gasteiger partial charge is 0.278 e. The van der Waals surface area contributed by atoms with Crippen molar-refractivity contribution in [1.82, 2.24) is 29.6 Å². The summed E-state index contributed by atoms with van der Waals surface area (Å²) >= 11 is 0. The van der Waals surface area contributed by atoms with Gasteiger partial charge >= 0.3 is 0 Å². The molecule has 0 spiro atoms. The van der Waals surface area contributed by atoms with Crippen LogP contribution in [0.1, 0.15) is 31.0 Å². The zero-order valence-electron chi connectivity index (χ0n) is 22.7. The molecular weight excluding hydrogens is 504 g/mol. The summed E-state index contributed by atoms with van der Waals surface area (Å²) in [7, 11) is 0. The van der Waals surface area contributed by atoms with E-state index in [9.17, 15) is 9.90 Å². The topological polar surface area (TPSA) is 113 Å². The van der Waals surface area contributed by atoms with E-state index in [-0.39, 0.29) is 12.1 Å². The van der Waals surface area contributed by atoms with Crippen LogP contribution in [0.4, 0.5) is 17.3 Å².